The fourth-order valence-electron chi connectivity index (χ4n) is 5.69. The highest BCUT2D eigenvalue weighted by Crippen LogP contribution is 2.33. The lowest BCUT2D eigenvalue weighted by atomic mass is 10.1. The number of hydrogen-bond donors (Lipinski definition) is 1. The topological polar surface area (TPSA) is 81.5 Å². The molecule has 1 aliphatic rings. The molecule has 9 heteroatoms. The molecule has 3 aromatic carbocycles. The van der Waals surface area contributed by atoms with Crippen molar-refractivity contribution in [3.05, 3.63) is 102 Å². The zero-order valence-electron chi connectivity index (χ0n) is 27.2. The molecule has 1 amide bonds. The molecule has 46 heavy (non-hydrogen) atoms. The third kappa shape index (κ3) is 7.38. The van der Waals surface area contributed by atoms with Crippen molar-refractivity contribution in [2.75, 3.05) is 26.2 Å². The molecule has 1 unspecified atom stereocenters. The van der Waals surface area contributed by atoms with E-state index in [4.69, 9.17) is 19.4 Å². The highest BCUT2D eigenvalue weighted by molar-refractivity contribution is 6.76. The van der Waals surface area contributed by atoms with Gasteiger partial charge in [0, 0.05) is 63.2 Å². The Kier molecular flexibility index (Phi) is 9.63. The van der Waals surface area contributed by atoms with Crippen LogP contribution in [0.15, 0.2) is 91.1 Å². The quantitative estimate of drug-likeness (QED) is 0.124. The van der Waals surface area contributed by atoms with Crippen LogP contribution < -0.4 is 10.1 Å². The molecule has 8 nitrogen and oxygen atoms in total. The van der Waals surface area contributed by atoms with Gasteiger partial charge in [-0.05, 0) is 54.4 Å². The lowest BCUT2D eigenvalue weighted by molar-refractivity contribution is 0.0655. The minimum absolute atomic E-state index is 0.0575. The standard InChI is InChI=1S/C37H43N5O3Si/c1-27-24-38-19-20-41(27)37(43)30-15-13-29(14-16-30)35-40-34-33(17-18-39-36(34)42(35)26-44-21-22-46(2,3)4)31-11-8-12-32(23-31)45-25-28-9-6-5-7-10-28/h5-18,23,27,38H,19-22,24-26H2,1-4H3. The Bertz CT molecular complexity index is 1780. The summed E-state index contributed by atoms with van der Waals surface area (Å²) in [5.74, 6) is 1.61. The van der Waals surface area contributed by atoms with Crippen LogP contribution in [0.25, 0.3) is 33.7 Å². The average molecular weight is 634 g/mol. The number of carbonyl (C=O) groups is 1. The molecule has 3 heterocycles. The Labute approximate surface area is 272 Å². The van der Waals surface area contributed by atoms with Gasteiger partial charge in [0.2, 0.25) is 0 Å². The predicted octanol–water partition coefficient (Wildman–Crippen LogP) is 7.09. The van der Waals surface area contributed by atoms with Crippen molar-refractivity contribution in [2.24, 2.45) is 0 Å². The first kappa shape index (κ1) is 31.7. The highest BCUT2D eigenvalue weighted by Gasteiger charge is 2.25. The molecule has 5 aromatic rings. The minimum atomic E-state index is -1.25. The number of nitrogens with one attached hydrogen (secondary N) is 1. The molecule has 0 radical (unpaired) electrons. The van der Waals surface area contributed by atoms with Crippen LogP contribution in [0, 0.1) is 0 Å². The molecule has 1 aliphatic heterocycles. The molecule has 1 saturated heterocycles. The Morgan fingerprint density at radius 1 is 0.978 bits per heavy atom. The van der Waals surface area contributed by atoms with Crippen molar-refractivity contribution >= 4 is 25.1 Å². The number of piperazine rings is 1. The highest BCUT2D eigenvalue weighted by atomic mass is 28.3. The third-order valence-corrected chi connectivity index (χ3v) is 10.1. The van der Waals surface area contributed by atoms with Crippen LogP contribution in [0.2, 0.25) is 25.7 Å². The van der Waals surface area contributed by atoms with E-state index in [9.17, 15) is 4.79 Å². The van der Waals surface area contributed by atoms with Crippen LogP contribution in [0.1, 0.15) is 22.8 Å². The van der Waals surface area contributed by atoms with Gasteiger partial charge < -0.3 is 19.7 Å². The van der Waals surface area contributed by atoms with Crippen LogP contribution in [0.4, 0.5) is 0 Å². The van der Waals surface area contributed by atoms with Crippen LogP contribution in [-0.2, 0) is 18.1 Å². The van der Waals surface area contributed by atoms with Crippen molar-refractivity contribution in [3.8, 4) is 28.3 Å². The molecule has 1 fully saturated rings. The van der Waals surface area contributed by atoms with Gasteiger partial charge in [0.1, 0.15) is 30.4 Å². The molecule has 1 N–H and O–H groups in total. The monoisotopic (exact) mass is 633 g/mol. The van der Waals surface area contributed by atoms with Crippen molar-refractivity contribution in [1.82, 2.24) is 24.8 Å². The smallest absolute Gasteiger partial charge is 0.254 e. The lowest BCUT2D eigenvalue weighted by Crippen LogP contribution is -2.52. The Balaban J connectivity index is 1.32. The zero-order chi connectivity index (χ0) is 32.1. The summed E-state index contributed by atoms with van der Waals surface area (Å²) < 4.78 is 14.4. The summed E-state index contributed by atoms with van der Waals surface area (Å²) in [6.07, 6.45) is 1.83. The number of aromatic nitrogens is 3. The van der Waals surface area contributed by atoms with Crippen molar-refractivity contribution in [1.29, 1.82) is 0 Å². The van der Waals surface area contributed by atoms with Crippen molar-refractivity contribution in [3.63, 3.8) is 0 Å². The number of hydrogen-bond acceptors (Lipinski definition) is 6. The van der Waals surface area contributed by atoms with Gasteiger partial charge in [-0.25, -0.2) is 9.97 Å². The van der Waals surface area contributed by atoms with E-state index >= 15 is 0 Å². The largest absolute Gasteiger partial charge is 0.489 e. The molecule has 238 valence electrons. The second-order valence-electron chi connectivity index (χ2n) is 13.2. The van der Waals surface area contributed by atoms with Crippen molar-refractivity contribution < 1.29 is 14.3 Å². The Hall–Kier alpha value is -4.31. The zero-order valence-corrected chi connectivity index (χ0v) is 28.2. The van der Waals surface area contributed by atoms with Gasteiger partial charge in [-0.2, -0.15) is 0 Å². The molecular formula is C37H43N5O3Si. The number of nitrogens with zero attached hydrogens (tertiary/aromatic N) is 4. The fourth-order valence-corrected chi connectivity index (χ4v) is 6.45. The number of rotatable bonds is 11. The lowest BCUT2D eigenvalue weighted by Gasteiger charge is -2.34. The molecule has 6 rings (SSSR count). The van der Waals surface area contributed by atoms with Gasteiger partial charge in [0.05, 0.1) is 0 Å². The number of pyridine rings is 1. The van der Waals surface area contributed by atoms with E-state index in [0.29, 0.717) is 32.1 Å². The van der Waals surface area contributed by atoms with Crippen LogP contribution in [-0.4, -0.2) is 65.7 Å². The first-order valence-electron chi connectivity index (χ1n) is 16.1. The van der Waals surface area contributed by atoms with Gasteiger partial charge >= 0.3 is 0 Å². The number of fused-ring (bicyclic) bond motifs is 1. The van der Waals surface area contributed by atoms with E-state index < -0.39 is 8.07 Å². The number of carbonyl (C=O) groups excluding carboxylic acids is 1. The normalized spacial score (nSPS) is 15.3. The van der Waals surface area contributed by atoms with E-state index in [1.807, 2.05) is 76.3 Å². The van der Waals surface area contributed by atoms with Gasteiger partial charge in [-0.3, -0.25) is 9.36 Å². The van der Waals surface area contributed by atoms with Crippen LogP contribution >= 0.6 is 0 Å². The summed E-state index contributed by atoms with van der Waals surface area (Å²) in [5, 5.41) is 3.35. The predicted molar refractivity (Wildman–Crippen MR) is 187 cm³/mol. The molecule has 0 bridgehead atoms. The maximum Gasteiger partial charge on any atom is 0.254 e. The summed E-state index contributed by atoms with van der Waals surface area (Å²) in [5.41, 5.74) is 6.22. The summed E-state index contributed by atoms with van der Waals surface area (Å²) in [6.45, 7) is 13.0. The number of amides is 1. The van der Waals surface area contributed by atoms with E-state index in [1.165, 1.54) is 0 Å². The fraction of sp³-hybridized carbons (Fsp3) is 0.324. The van der Waals surface area contributed by atoms with E-state index in [0.717, 1.165) is 64.1 Å². The molecular weight excluding hydrogens is 591 g/mol. The Morgan fingerprint density at radius 3 is 2.54 bits per heavy atom. The average Bonchev–Trinajstić information content (AvgIpc) is 3.44. The summed E-state index contributed by atoms with van der Waals surface area (Å²) >= 11 is 0. The molecule has 2 aromatic heterocycles. The molecule has 1 atom stereocenters. The Morgan fingerprint density at radius 2 is 1.78 bits per heavy atom. The SMILES string of the molecule is CC1CNCCN1C(=O)c1ccc(-c2nc3c(-c4cccc(OCc5ccccc5)c4)ccnc3n2COCC[Si](C)(C)C)cc1. The number of benzene rings is 3. The minimum Gasteiger partial charge on any atom is -0.489 e. The third-order valence-electron chi connectivity index (χ3n) is 8.40. The van der Waals surface area contributed by atoms with E-state index in [2.05, 4.69) is 56.1 Å². The number of ether oxygens (including phenoxy) is 2. The first-order valence-corrected chi connectivity index (χ1v) is 19.8. The first-order chi connectivity index (χ1) is 22.3. The van der Waals surface area contributed by atoms with Gasteiger partial charge in [0.15, 0.2) is 5.65 Å². The van der Waals surface area contributed by atoms with E-state index in [-0.39, 0.29) is 11.9 Å². The van der Waals surface area contributed by atoms with Crippen molar-refractivity contribution in [2.45, 2.75) is 52.0 Å². The summed E-state index contributed by atoms with van der Waals surface area (Å²) in [4.78, 5) is 25.2. The maximum absolute atomic E-state index is 13.3. The van der Waals surface area contributed by atoms with Gasteiger partial charge in [-0.1, -0.05) is 74.2 Å². The van der Waals surface area contributed by atoms with E-state index in [1.54, 1.807) is 0 Å². The van der Waals surface area contributed by atoms with Crippen LogP contribution in [0.5, 0.6) is 5.75 Å². The second-order valence-corrected chi connectivity index (χ2v) is 18.8. The van der Waals surface area contributed by atoms with Gasteiger partial charge in [0.25, 0.3) is 5.91 Å². The second kappa shape index (κ2) is 14.0. The van der Waals surface area contributed by atoms with Gasteiger partial charge in [-0.15, -0.1) is 0 Å². The summed E-state index contributed by atoms with van der Waals surface area (Å²) in [7, 11) is -1.25. The number of imidazole rings is 1. The molecule has 0 aliphatic carbocycles. The molecule has 0 saturated carbocycles. The van der Waals surface area contributed by atoms with Crippen LogP contribution in [0.3, 0.4) is 0 Å². The summed E-state index contributed by atoms with van der Waals surface area (Å²) in [6, 6.07) is 29.3. The maximum atomic E-state index is 13.3. The molecule has 0 spiro atoms.